The van der Waals surface area contributed by atoms with Crippen molar-refractivity contribution in [3.8, 4) is 0 Å². The lowest BCUT2D eigenvalue weighted by molar-refractivity contribution is 0.0706. The van der Waals surface area contributed by atoms with Crippen LogP contribution < -0.4 is 10.8 Å². The van der Waals surface area contributed by atoms with E-state index in [2.05, 4.69) is 5.32 Å². The van der Waals surface area contributed by atoms with E-state index in [0.717, 1.165) is 16.5 Å². The highest BCUT2D eigenvalue weighted by molar-refractivity contribution is 5.99. The van der Waals surface area contributed by atoms with Crippen molar-refractivity contribution < 1.29 is 19.2 Å². The van der Waals surface area contributed by atoms with Crippen molar-refractivity contribution in [3.05, 3.63) is 71.0 Å². The number of hydroxylamine groups is 1. The minimum absolute atomic E-state index is 0.121. The number of carbonyl (C=O) groups excluding carboxylic acids is 2. The van der Waals surface area contributed by atoms with Gasteiger partial charge >= 0.3 is 0 Å². The van der Waals surface area contributed by atoms with Crippen molar-refractivity contribution in [2.45, 2.75) is 26.8 Å². The van der Waals surface area contributed by atoms with E-state index in [-0.39, 0.29) is 17.9 Å². The Morgan fingerprint density at radius 2 is 1.67 bits per heavy atom. The normalized spacial score (nSPS) is 12.2. The number of nitrogens with one attached hydrogen (secondary N) is 2. The summed E-state index contributed by atoms with van der Waals surface area (Å²) in [7, 11) is 0. The standard InChI is InChI=1S/C21H22N2O4/c1-12(2)18(14-8-10-15(11-9-14)20(24)23-26)22-21(25)19-13(3)16-6-4-5-7-17(16)27-19/h4-12,18,26H,1-3H3,(H,22,25)(H,23,24)/t18-/m1/s1. The molecule has 0 bridgehead atoms. The number of hydrogen-bond acceptors (Lipinski definition) is 4. The predicted molar refractivity (Wildman–Crippen MR) is 102 cm³/mol. The molecule has 27 heavy (non-hydrogen) atoms. The molecule has 0 aliphatic heterocycles. The van der Waals surface area contributed by atoms with Crippen LogP contribution in [-0.4, -0.2) is 17.0 Å². The van der Waals surface area contributed by atoms with Crippen molar-refractivity contribution in [2.24, 2.45) is 5.92 Å². The summed E-state index contributed by atoms with van der Waals surface area (Å²) >= 11 is 0. The van der Waals surface area contributed by atoms with Crippen LogP contribution >= 0.6 is 0 Å². The lowest BCUT2D eigenvalue weighted by atomic mass is 9.95. The van der Waals surface area contributed by atoms with E-state index >= 15 is 0 Å². The fourth-order valence-electron chi connectivity index (χ4n) is 3.14. The molecular formula is C21H22N2O4. The van der Waals surface area contributed by atoms with Gasteiger partial charge in [-0.15, -0.1) is 0 Å². The summed E-state index contributed by atoms with van der Waals surface area (Å²) < 4.78 is 5.75. The minimum Gasteiger partial charge on any atom is -0.451 e. The van der Waals surface area contributed by atoms with E-state index in [0.29, 0.717) is 16.9 Å². The van der Waals surface area contributed by atoms with Crippen LogP contribution in [0.5, 0.6) is 0 Å². The molecule has 0 spiro atoms. The Balaban J connectivity index is 1.86. The third-order valence-corrected chi connectivity index (χ3v) is 4.64. The fraction of sp³-hybridized carbons (Fsp3) is 0.238. The first kappa shape index (κ1) is 18.7. The van der Waals surface area contributed by atoms with Crippen LogP contribution in [0.1, 0.15) is 51.9 Å². The summed E-state index contributed by atoms with van der Waals surface area (Å²) in [6, 6.07) is 14.0. The van der Waals surface area contributed by atoms with Crippen LogP contribution in [0.4, 0.5) is 0 Å². The van der Waals surface area contributed by atoms with Gasteiger partial charge in [0, 0.05) is 16.5 Å². The van der Waals surface area contributed by atoms with Crippen molar-refractivity contribution in [1.82, 2.24) is 10.8 Å². The molecule has 0 aliphatic rings. The van der Waals surface area contributed by atoms with Gasteiger partial charge < -0.3 is 9.73 Å². The van der Waals surface area contributed by atoms with Crippen LogP contribution in [-0.2, 0) is 0 Å². The number of furan rings is 1. The number of para-hydroxylation sites is 1. The van der Waals surface area contributed by atoms with Gasteiger partial charge in [0.25, 0.3) is 11.8 Å². The van der Waals surface area contributed by atoms with Crippen LogP contribution in [0.15, 0.2) is 52.9 Å². The molecule has 0 saturated carbocycles. The van der Waals surface area contributed by atoms with Gasteiger partial charge in [-0.3, -0.25) is 14.8 Å². The van der Waals surface area contributed by atoms with Crippen LogP contribution in [0, 0.1) is 12.8 Å². The molecule has 0 aliphatic carbocycles. The maximum atomic E-state index is 12.8. The molecule has 1 aromatic heterocycles. The largest absolute Gasteiger partial charge is 0.451 e. The Morgan fingerprint density at radius 3 is 2.26 bits per heavy atom. The molecule has 0 unspecified atom stereocenters. The van der Waals surface area contributed by atoms with E-state index in [4.69, 9.17) is 9.62 Å². The highest BCUT2D eigenvalue weighted by Crippen LogP contribution is 2.27. The van der Waals surface area contributed by atoms with Crippen molar-refractivity contribution in [1.29, 1.82) is 0 Å². The molecule has 0 fully saturated rings. The summed E-state index contributed by atoms with van der Waals surface area (Å²) in [5, 5.41) is 12.7. The summed E-state index contributed by atoms with van der Waals surface area (Å²) in [5.41, 5.74) is 4.29. The summed E-state index contributed by atoms with van der Waals surface area (Å²) in [6.07, 6.45) is 0. The monoisotopic (exact) mass is 366 g/mol. The van der Waals surface area contributed by atoms with E-state index < -0.39 is 5.91 Å². The van der Waals surface area contributed by atoms with Gasteiger partial charge in [0.2, 0.25) is 0 Å². The number of hydrogen-bond donors (Lipinski definition) is 3. The smallest absolute Gasteiger partial charge is 0.287 e. The van der Waals surface area contributed by atoms with E-state index in [1.807, 2.05) is 45.0 Å². The molecular weight excluding hydrogens is 344 g/mol. The van der Waals surface area contributed by atoms with Gasteiger partial charge in [0.05, 0.1) is 6.04 Å². The second-order valence-corrected chi connectivity index (χ2v) is 6.81. The highest BCUT2D eigenvalue weighted by Gasteiger charge is 2.23. The van der Waals surface area contributed by atoms with Crippen LogP contribution in [0.3, 0.4) is 0 Å². The van der Waals surface area contributed by atoms with Gasteiger partial charge in [-0.05, 0) is 36.6 Å². The quantitative estimate of drug-likeness (QED) is 0.470. The zero-order valence-electron chi connectivity index (χ0n) is 15.4. The number of rotatable bonds is 5. The first-order valence-electron chi connectivity index (χ1n) is 8.75. The Labute approximate surface area is 157 Å². The van der Waals surface area contributed by atoms with Crippen LogP contribution in [0.25, 0.3) is 11.0 Å². The van der Waals surface area contributed by atoms with E-state index in [1.54, 1.807) is 29.7 Å². The third kappa shape index (κ3) is 3.71. The topological polar surface area (TPSA) is 91.6 Å². The number of benzene rings is 2. The highest BCUT2D eigenvalue weighted by atomic mass is 16.5. The number of amides is 2. The summed E-state index contributed by atoms with van der Waals surface area (Å²) in [5.74, 6) is -0.432. The summed E-state index contributed by atoms with van der Waals surface area (Å²) in [4.78, 5) is 24.3. The molecule has 2 amide bonds. The Hall–Kier alpha value is -3.12. The second kappa shape index (κ2) is 7.63. The molecule has 140 valence electrons. The molecule has 6 nitrogen and oxygen atoms in total. The zero-order chi connectivity index (χ0) is 19.6. The van der Waals surface area contributed by atoms with Crippen molar-refractivity contribution in [3.63, 3.8) is 0 Å². The average Bonchev–Trinajstić information content (AvgIpc) is 3.02. The number of fused-ring (bicyclic) bond motifs is 1. The first-order valence-corrected chi connectivity index (χ1v) is 8.75. The lowest BCUT2D eigenvalue weighted by Gasteiger charge is -2.22. The molecule has 6 heteroatoms. The molecule has 3 N–H and O–H groups in total. The summed E-state index contributed by atoms with van der Waals surface area (Å²) in [6.45, 7) is 5.88. The molecule has 0 saturated heterocycles. The van der Waals surface area contributed by atoms with E-state index in [1.165, 1.54) is 0 Å². The molecule has 3 aromatic rings. The zero-order valence-corrected chi connectivity index (χ0v) is 15.4. The Kier molecular flexibility index (Phi) is 5.28. The molecule has 2 aromatic carbocycles. The average molecular weight is 366 g/mol. The van der Waals surface area contributed by atoms with Gasteiger partial charge in [-0.25, -0.2) is 5.48 Å². The molecule has 1 heterocycles. The molecule has 3 rings (SSSR count). The number of carbonyl (C=O) groups is 2. The SMILES string of the molecule is Cc1c(C(=O)N[C@@H](c2ccc(C(=O)NO)cc2)C(C)C)oc2ccccc12. The second-order valence-electron chi connectivity index (χ2n) is 6.81. The van der Waals surface area contributed by atoms with Gasteiger partial charge in [0.15, 0.2) is 5.76 Å². The van der Waals surface area contributed by atoms with Crippen molar-refractivity contribution >= 4 is 22.8 Å². The maximum absolute atomic E-state index is 12.8. The predicted octanol–water partition coefficient (Wildman–Crippen LogP) is 3.99. The maximum Gasteiger partial charge on any atom is 0.287 e. The minimum atomic E-state index is -0.579. The van der Waals surface area contributed by atoms with Crippen molar-refractivity contribution in [2.75, 3.05) is 0 Å². The lowest BCUT2D eigenvalue weighted by Crippen LogP contribution is -2.32. The van der Waals surface area contributed by atoms with Gasteiger partial charge in [-0.1, -0.05) is 44.2 Å². The number of aryl methyl sites for hydroxylation is 1. The first-order chi connectivity index (χ1) is 12.9. The molecule has 0 radical (unpaired) electrons. The fourth-order valence-corrected chi connectivity index (χ4v) is 3.14. The van der Waals surface area contributed by atoms with Crippen LogP contribution in [0.2, 0.25) is 0 Å². The van der Waals surface area contributed by atoms with Gasteiger partial charge in [0.1, 0.15) is 5.58 Å². The van der Waals surface area contributed by atoms with Gasteiger partial charge in [-0.2, -0.15) is 0 Å². The third-order valence-electron chi connectivity index (χ3n) is 4.64. The Morgan fingerprint density at radius 1 is 1.00 bits per heavy atom. The molecule has 1 atom stereocenters. The van der Waals surface area contributed by atoms with E-state index in [9.17, 15) is 9.59 Å². The Bertz CT molecular complexity index is 974.